The number of hydrogen-bond acceptors (Lipinski definition) is 3. The number of rotatable bonds is 4. The highest BCUT2D eigenvalue weighted by Crippen LogP contribution is 2.36. The fraction of sp³-hybridized carbons (Fsp3) is 0.0769. The van der Waals surface area contributed by atoms with Gasteiger partial charge in [-0.25, -0.2) is 17.5 Å². The van der Waals surface area contributed by atoms with Gasteiger partial charge in [0, 0.05) is 6.54 Å². The van der Waals surface area contributed by atoms with Crippen molar-refractivity contribution >= 4 is 33.2 Å². The number of aromatic hydroxyl groups is 1. The summed E-state index contributed by atoms with van der Waals surface area (Å²) in [5.41, 5.74) is 0.569. The van der Waals surface area contributed by atoms with E-state index in [1.165, 1.54) is 30.3 Å². The van der Waals surface area contributed by atoms with Gasteiger partial charge in [0.25, 0.3) is 0 Å². The van der Waals surface area contributed by atoms with Gasteiger partial charge in [0.1, 0.15) is 15.7 Å². The van der Waals surface area contributed by atoms with Gasteiger partial charge >= 0.3 is 0 Å². The van der Waals surface area contributed by atoms with Gasteiger partial charge in [-0.2, -0.15) is 0 Å². The van der Waals surface area contributed by atoms with Gasteiger partial charge < -0.3 is 5.11 Å². The van der Waals surface area contributed by atoms with Gasteiger partial charge in [-0.05, 0) is 29.8 Å². The van der Waals surface area contributed by atoms with Crippen LogP contribution in [0.1, 0.15) is 5.56 Å². The molecule has 0 saturated carbocycles. The monoisotopic (exact) mass is 349 g/mol. The maximum atomic E-state index is 12.8. The Morgan fingerprint density at radius 2 is 1.71 bits per heavy atom. The molecule has 0 spiro atoms. The van der Waals surface area contributed by atoms with E-state index in [-0.39, 0.29) is 21.5 Å². The Morgan fingerprint density at radius 3 is 2.33 bits per heavy atom. The topological polar surface area (TPSA) is 66.4 Å². The molecule has 0 radical (unpaired) electrons. The second kappa shape index (κ2) is 6.19. The smallest absolute Gasteiger partial charge is 0.244 e. The fourth-order valence-corrected chi connectivity index (χ4v) is 3.09. The van der Waals surface area contributed by atoms with Crippen molar-refractivity contribution in [2.75, 3.05) is 0 Å². The van der Waals surface area contributed by atoms with Crippen molar-refractivity contribution in [1.82, 2.24) is 4.72 Å². The summed E-state index contributed by atoms with van der Waals surface area (Å²) in [4.78, 5) is -0.376. The highest BCUT2D eigenvalue weighted by molar-refractivity contribution is 7.89. The Labute approximate surface area is 131 Å². The van der Waals surface area contributed by atoms with E-state index in [1.54, 1.807) is 0 Å². The molecule has 21 heavy (non-hydrogen) atoms. The van der Waals surface area contributed by atoms with E-state index in [4.69, 9.17) is 23.2 Å². The minimum absolute atomic E-state index is 0.0478. The summed E-state index contributed by atoms with van der Waals surface area (Å²) in [5, 5.41) is 9.58. The number of phenolic OH excluding ortho intramolecular Hbond substituents is 1. The van der Waals surface area contributed by atoms with Crippen LogP contribution >= 0.6 is 23.2 Å². The summed E-state index contributed by atoms with van der Waals surface area (Å²) in [5.74, 6) is -1.03. The van der Waals surface area contributed by atoms with E-state index in [0.29, 0.717) is 5.56 Å². The lowest BCUT2D eigenvalue weighted by Gasteiger charge is -2.10. The second-order valence-electron chi connectivity index (χ2n) is 4.16. The van der Waals surface area contributed by atoms with E-state index in [1.807, 2.05) is 0 Å². The van der Waals surface area contributed by atoms with E-state index in [2.05, 4.69) is 4.72 Å². The SMILES string of the molecule is O=S(=O)(NCc1ccc(F)cc1)c1ccc(Cl)c(Cl)c1O. The summed E-state index contributed by atoms with van der Waals surface area (Å²) in [6.07, 6.45) is 0. The van der Waals surface area contributed by atoms with Crippen molar-refractivity contribution in [3.8, 4) is 5.75 Å². The van der Waals surface area contributed by atoms with Crippen molar-refractivity contribution in [3.63, 3.8) is 0 Å². The van der Waals surface area contributed by atoms with Crippen LogP contribution in [0.25, 0.3) is 0 Å². The van der Waals surface area contributed by atoms with Crippen LogP contribution < -0.4 is 4.72 Å². The van der Waals surface area contributed by atoms with Gasteiger partial charge in [0.05, 0.1) is 5.02 Å². The van der Waals surface area contributed by atoms with E-state index in [0.717, 1.165) is 6.07 Å². The molecule has 0 aromatic heterocycles. The van der Waals surface area contributed by atoms with Crippen LogP contribution in [0.15, 0.2) is 41.3 Å². The predicted molar refractivity (Wildman–Crippen MR) is 78.6 cm³/mol. The number of phenols is 1. The van der Waals surface area contributed by atoms with Crippen molar-refractivity contribution in [3.05, 3.63) is 57.8 Å². The standard InChI is InChI=1S/C13H10Cl2FNO3S/c14-10-5-6-11(13(18)12(10)15)21(19,20)17-7-8-1-3-9(16)4-2-8/h1-6,17-18H,7H2. The van der Waals surface area contributed by atoms with Crippen LogP contribution in [0.3, 0.4) is 0 Å². The maximum absolute atomic E-state index is 12.8. The van der Waals surface area contributed by atoms with Gasteiger partial charge in [-0.15, -0.1) is 0 Å². The van der Waals surface area contributed by atoms with E-state index < -0.39 is 21.6 Å². The first-order valence-corrected chi connectivity index (χ1v) is 7.96. The molecule has 0 aliphatic rings. The first-order chi connectivity index (χ1) is 9.81. The van der Waals surface area contributed by atoms with E-state index >= 15 is 0 Å². The molecule has 2 N–H and O–H groups in total. The molecule has 0 saturated heterocycles. The van der Waals surface area contributed by atoms with Crippen LogP contribution in [-0.2, 0) is 16.6 Å². The molecular weight excluding hydrogens is 340 g/mol. The highest BCUT2D eigenvalue weighted by atomic mass is 35.5. The Bertz CT molecular complexity index is 764. The zero-order chi connectivity index (χ0) is 15.6. The molecule has 2 aromatic carbocycles. The summed E-state index contributed by atoms with van der Waals surface area (Å²) < 4.78 is 39.3. The number of nitrogens with one attached hydrogen (secondary N) is 1. The molecule has 0 atom stereocenters. The molecule has 2 rings (SSSR count). The van der Waals surface area contributed by atoms with Gasteiger partial charge in [-0.3, -0.25) is 0 Å². The quantitative estimate of drug-likeness (QED) is 0.889. The largest absolute Gasteiger partial charge is 0.505 e. The molecule has 112 valence electrons. The van der Waals surface area contributed by atoms with Crippen LogP contribution in [0.4, 0.5) is 4.39 Å². The zero-order valence-corrected chi connectivity index (χ0v) is 12.8. The lowest BCUT2D eigenvalue weighted by Crippen LogP contribution is -2.23. The van der Waals surface area contributed by atoms with Crippen molar-refractivity contribution in [2.45, 2.75) is 11.4 Å². The summed E-state index contributed by atoms with van der Waals surface area (Å²) in [6.45, 7) is -0.0533. The first kappa shape index (κ1) is 16.0. The van der Waals surface area contributed by atoms with Gasteiger partial charge in [0.2, 0.25) is 10.0 Å². The number of sulfonamides is 1. The lowest BCUT2D eigenvalue weighted by molar-refractivity contribution is 0.458. The lowest BCUT2D eigenvalue weighted by atomic mass is 10.2. The molecule has 4 nitrogen and oxygen atoms in total. The minimum Gasteiger partial charge on any atom is -0.505 e. The minimum atomic E-state index is -3.98. The molecule has 0 aliphatic carbocycles. The van der Waals surface area contributed by atoms with Crippen molar-refractivity contribution in [2.24, 2.45) is 0 Å². The molecule has 8 heteroatoms. The van der Waals surface area contributed by atoms with E-state index in [9.17, 15) is 17.9 Å². The Hall–Kier alpha value is -1.34. The predicted octanol–water partition coefficient (Wildman–Crippen LogP) is 3.32. The maximum Gasteiger partial charge on any atom is 0.244 e. The highest BCUT2D eigenvalue weighted by Gasteiger charge is 2.21. The van der Waals surface area contributed by atoms with Crippen LogP contribution in [-0.4, -0.2) is 13.5 Å². The average molecular weight is 350 g/mol. The average Bonchev–Trinajstić information content (AvgIpc) is 2.44. The van der Waals surface area contributed by atoms with Gasteiger partial charge in [0.15, 0.2) is 5.75 Å². The molecule has 0 amide bonds. The van der Waals surface area contributed by atoms with Crippen LogP contribution in [0.2, 0.25) is 10.0 Å². The Morgan fingerprint density at radius 1 is 1.10 bits per heavy atom. The second-order valence-corrected chi connectivity index (χ2v) is 6.68. The van der Waals surface area contributed by atoms with Gasteiger partial charge in [-0.1, -0.05) is 35.3 Å². The van der Waals surface area contributed by atoms with Crippen LogP contribution in [0.5, 0.6) is 5.75 Å². The fourth-order valence-electron chi connectivity index (χ4n) is 1.60. The zero-order valence-electron chi connectivity index (χ0n) is 10.5. The molecule has 0 aliphatic heterocycles. The summed E-state index contributed by atoms with van der Waals surface area (Å²) in [6, 6.07) is 7.77. The molecule has 0 unspecified atom stereocenters. The molecule has 2 aromatic rings. The third kappa shape index (κ3) is 3.65. The molecule has 0 heterocycles. The molecule has 0 fully saturated rings. The third-order valence-electron chi connectivity index (χ3n) is 2.70. The summed E-state index contributed by atoms with van der Waals surface area (Å²) >= 11 is 11.4. The van der Waals surface area contributed by atoms with Crippen molar-refractivity contribution < 1.29 is 17.9 Å². The van der Waals surface area contributed by atoms with Crippen LogP contribution in [0, 0.1) is 5.82 Å². The van der Waals surface area contributed by atoms with Crippen molar-refractivity contribution in [1.29, 1.82) is 0 Å². The molecule has 0 bridgehead atoms. The Kier molecular flexibility index (Phi) is 4.73. The third-order valence-corrected chi connectivity index (χ3v) is 4.93. The Balaban J connectivity index is 2.23. The summed E-state index contributed by atoms with van der Waals surface area (Å²) in [7, 11) is -3.98. The number of halogens is 3. The normalized spacial score (nSPS) is 11.6. The first-order valence-electron chi connectivity index (χ1n) is 5.72. The number of benzene rings is 2. The number of hydrogen-bond donors (Lipinski definition) is 2. The molecular formula is C13H10Cl2FNO3S.